The average molecular weight is 462 g/mol. The highest BCUT2D eigenvalue weighted by Crippen LogP contribution is 2.27. The maximum Gasteiger partial charge on any atom is 0.160 e. The zero-order chi connectivity index (χ0) is 24.2. The van der Waals surface area contributed by atoms with Crippen LogP contribution in [0, 0.1) is 11.8 Å². The maximum atomic E-state index is 10.4. The van der Waals surface area contributed by atoms with Crippen molar-refractivity contribution in [2.24, 2.45) is 0 Å². The number of benzene rings is 3. The van der Waals surface area contributed by atoms with Crippen LogP contribution in [0.3, 0.4) is 0 Å². The van der Waals surface area contributed by atoms with Crippen LogP contribution in [0.2, 0.25) is 0 Å². The number of aliphatic hydroxyl groups excluding tert-OH is 1. The number of aliphatic hydroxyl groups is 1. The molecular weight excluding hydrogens is 430 g/mol. The third-order valence-electron chi connectivity index (χ3n) is 5.15. The van der Waals surface area contributed by atoms with Crippen LogP contribution in [0.25, 0.3) is 0 Å². The van der Waals surface area contributed by atoms with E-state index in [4.69, 9.17) is 18.9 Å². The molecule has 0 aliphatic rings. The lowest BCUT2D eigenvalue weighted by molar-refractivity contribution is 0.106. The van der Waals surface area contributed by atoms with Crippen molar-refractivity contribution in [3.05, 3.63) is 83.4 Å². The van der Waals surface area contributed by atoms with E-state index in [1.165, 1.54) is 0 Å². The Morgan fingerprint density at radius 3 is 2.35 bits per heavy atom. The molecule has 0 aromatic heterocycles. The van der Waals surface area contributed by atoms with Gasteiger partial charge in [-0.2, -0.15) is 0 Å². The van der Waals surface area contributed by atoms with E-state index in [-0.39, 0.29) is 6.61 Å². The molecule has 0 aliphatic carbocycles. The topological polar surface area (TPSA) is 69.2 Å². The molecule has 0 bridgehead atoms. The monoisotopic (exact) mass is 461 g/mol. The van der Waals surface area contributed by atoms with Crippen LogP contribution in [0.1, 0.15) is 16.7 Å². The van der Waals surface area contributed by atoms with Gasteiger partial charge in [0.1, 0.15) is 24.2 Å². The summed E-state index contributed by atoms with van der Waals surface area (Å²) in [6, 6.07) is 21.1. The van der Waals surface area contributed by atoms with E-state index in [1.807, 2.05) is 60.7 Å². The van der Waals surface area contributed by atoms with Crippen molar-refractivity contribution in [2.75, 3.05) is 41.0 Å². The lowest BCUT2D eigenvalue weighted by Crippen LogP contribution is -2.32. The molecule has 34 heavy (non-hydrogen) atoms. The second kappa shape index (κ2) is 13.1. The van der Waals surface area contributed by atoms with E-state index >= 15 is 0 Å². The molecule has 3 rings (SSSR count). The molecule has 2 N–H and O–H groups in total. The summed E-state index contributed by atoms with van der Waals surface area (Å²) in [6.45, 7) is 1.25. The third-order valence-corrected chi connectivity index (χ3v) is 5.15. The third kappa shape index (κ3) is 7.45. The number of hydrogen-bond acceptors (Lipinski definition) is 6. The largest absolute Gasteiger partial charge is 0.497 e. The van der Waals surface area contributed by atoms with Gasteiger partial charge in [0.25, 0.3) is 0 Å². The molecule has 1 atom stereocenters. The van der Waals surface area contributed by atoms with Crippen LogP contribution in [-0.2, 0) is 6.42 Å². The standard InChI is InChI=1S/C28H31NO5/c1-31-25-13-12-23(11-9-21-7-5-4-6-8-21)27(18-25)34-20-24(30)19-29-16-15-22-10-14-26(32-2)28(17-22)33-3/h4-8,10,12-14,17-18,24,29-30H,15-16,19-20H2,1-3H3. The molecule has 178 valence electrons. The fourth-order valence-corrected chi connectivity index (χ4v) is 3.30. The summed E-state index contributed by atoms with van der Waals surface area (Å²) in [5.74, 6) is 8.94. The van der Waals surface area contributed by atoms with Crippen molar-refractivity contribution in [3.63, 3.8) is 0 Å². The molecule has 6 nitrogen and oxygen atoms in total. The minimum absolute atomic E-state index is 0.135. The van der Waals surface area contributed by atoms with Gasteiger partial charge >= 0.3 is 0 Å². The minimum atomic E-state index is -0.675. The first-order valence-electron chi connectivity index (χ1n) is 11.1. The van der Waals surface area contributed by atoms with E-state index in [2.05, 4.69) is 17.2 Å². The number of hydrogen-bond donors (Lipinski definition) is 2. The van der Waals surface area contributed by atoms with Crippen LogP contribution in [0.15, 0.2) is 66.7 Å². The molecular formula is C28H31NO5. The van der Waals surface area contributed by atoms with Gasteiger partial charge in [-0.15, -0.1) is 0 Å². The smallest absolute Gasteiger partial charge is 0.160 e. The molecule has 0 amide bonds. The first-order chi connectivity index (χ1) is 16.6. The van der Waals surface area contributed by atoms with Crippen molar-refractivity contribution >= 4 is 0 Å². The summed E-state index contributed by atoms with van der Waals surface area (Å²) >= 11 is 0. The molecule has 3 aromatic carbocycles. The highest BCUT2D eigenvalue weighted by Gasteiger charge is 2.10. The Balaban J connectivity index is 1.51. The lowest BCUT2D eigenvalue weighted by Gasteiger charge is -2.15. The molecule has 3 aromatic rings. The van der Waals surface area contributed by atoms with Crippen molar-refractivity contribution in [1.29, 1.82) is 0 Å². The Morgan fingerprint density at radius 2 is 1.62 bits per heavy atom. The normalized spacial score (nSPS) is 11.2. The highest BCUT2D eigenvalue weighted by atomic mass is 16.5. The molecule has 0 heterocycles. The number of nitrogens with one attached hydrogen (secondary N) is 1. The van der Waals surface area contributed by atoms with Crippen molar-refractivity contribution in [2.45, 2.75) is 12.5 Å². The van der Waals surface area contributed by atoms with Gasteiger partial charge in [-0.25, -0.2) is 0 Å². The van der Waals surface area contributed by atoms with Crippen LogP contribution in [0.4, 0.5) is 0 Å². The van der Waals surface area contributed by atoms with Gasteiger partial charge in [0.05, 0.1) is 26.9 Å². The molecule has 0 fully saturated rings. The fourth-order valence-electron chi connectivity index (χ4n) is 3.30. The fraction of sp³-hybridized carbons (Fsp3) is 0.286. The van der Waals surface area contributed by atoms with E-state index in [9.17, 15) is 5.11 Å². The number of rotatable bonds is 11. The van der Waals surface area contributed by atoms with Crippen molar-refractivity contribution < 1.29 is 24.1 Å². The van der Waals surface area contributed by atoms with Crippen LogP contribution < -0.4 is 24.3 Å². The van der Waals surface area contributed by atoms with Crippen LogP contribution in [-0.4, -0.2) is 52.2 Å². The zero-order valence-electron chi connectivity index (χ0n) is 19.8. The van der Waals surface area contributed by atoms with Gasteiger partial charge in [-0.1, -0.05) is 36.1 Å². The molecule has 1 unspecified atom stereocenters. The molecule has 0 saturated carbocycles. The molecule has 6 heteroatoms. The van der Waals surface area contributed by atoms with Crippen LogP contribution in [0.5, 0.6) is 23.0 Å². The molecule has 0 saturated heterocycles. The zero-order valence-corrected chi connectivity index (χ0v) is 19.8. The Bertz CT molecular complexity index is 1100. The highest BCUT2D eigenvalue weighted by molar-refractivity contribution is 5.52. The SMILES string of the molecule is COc1ccc(C#Cc2ccccc2)c(OCC(O)CNCCc2ccc(OC)c(OC)c2)c1. The molecule has 0 spiro atoms. The summed E-state index contributed by atoms with van der Waals surface area (Å²) in [5, 5.41) is 13.7. The predicted molar refractivity (Wildman–Crippen MR) is 133 cm³/mol. The quantitative estimate of drug-likeness (QED) is 0.335. The maximum absolute atomic E-state index is 10.4. The van der Waals surface area contributed by atoms with Gasteiger partial charge in [-0.3, -0.25) is 0 Å². The van der Waals surface area contributed by atoms with Gasteiger partial charge in [0, 0.05) is 18.2 Å². The summed E-state index contributed by atoms with van der Waals surface area (Å²) < 4.78 is 21.8. The van der Waals surface area contributed by atoms with Crippen molar-refractivity contribution in [3.8, 4) is 34.8 Å². The molecule has 0 aliphatic heterocycles. The lowest BCUT2D eigenvalue weighted by atomic mass is 10.1. The van der Waals surface area contributed by atoms with Gasteiger partial charge < -0.3 is 29.4 Å². The first-order valence-corrected chi connectivity index (χ1v) is 11.1. The second-order valence-corrected chi connectivity index (χ2v) is 7.59. The van der Waals surface area contributed by atoms with E-state index in [0.29, 0.717) is 36.1 Å². The van der Waals surface area contributed by atoms with Gasteiger partial charge in [0.2, 0.25) is 0 Å². The minimum Gasteiger partial charge on any atom is -0.497 e. The summed E-state index contributed by atoms with van der Waals surface area (Å²) in [6.07, 6.45) is 0.120. The Hall–Kier alpha value is -3.66. The number of methoxy groups -OCH3 is 3. The first kappa shape index (κ1) is 25.0. The predicted octanol–water partition coefficient (Wildman–Crippen LogP) is 3.68. The average Bonchev–Trinajstić information content (AvgIpc) is 2.89. The second-order valence-electron chi connectivity index (χ2n) is 7.59. The molecule has 0 radical (unpaired) electrons. The van der Waals surface area contributed by atoms with E-state index < -0.39 is 6.10 Å². The van der Waals surface area contributed by atoms with E-state index in [1.54, 1.807) is 27.4 Å². The number of ether oxygens (including phenoxy) is 4. The Morgan fingerprint density at radius 1 is 0.824 bits per heavy atom. The van der Waals surface area contributed by atoms with E-state index in [0.717, 1.165) is 23.1 Å². The summed E-state index contributed by atoms with van der Waals surface area (Å²) in [7, 11) is 4.84. The van der Waals surface area contributed by atoms with Gasteiger partial charge in [0.15, 0.2) is 11.5 Å². The van der Waals surface area contributed by atoms with Crippen LogP contribution >= 0.6 is 0 Å². The summed E-state index contributed by atoms with van der Waals surface area (Å²) in [5.41, 5.74) is 2.77. The Labute approximate surface area is 201 Å². The van der Waals surface area contributed by atoms with Gasteiger partial charge in [-0.05, 0) is 54.9 Å². The Kier molecular flexibility index (Phi) is 9.65. The van der Waals surface area contributed by atoms with Crippen molar-refractivity contribution in [1.82, 2.24) is 5.32 Å². The summed E-state index contributed by atoms with van der Waals surface area (Å²) in [4.78, 5) is 0.